The highest BCUT2D eigenvalue weighted by molar-refractivity contribution is 4.79. The number of likely N-dealkylation sites (N-methyl/N-ethyl adjacent to an activating group) is 1. The zero-order chi connectivity index (χ0) is 11.3. The first-order valence-electron chi connectivity index (χ1n) is 6.06. The highest BCUT2D eigenvalue weighted by atomic mass is 16.5. The first-order valence-corrected chi connectivity index (χ1v) is 6.06. The Labute approximate surface area is 94.2 Å². The minimum Gasteiger partial charge on any atom is -0.383 e. The van der Waals surface area contributed by atoms with Crippen LogP contribution in [0.5, 0.6) is 0 Å². The lowest BCUT2D eigenvalue weighted by Gasteiger charge is -2.33. The Hall–Kier alpha value is -0.120. The molecule has 3 nitrogen and oxygen atoms in total. The van der Waals surface area contributed by atoms with Crippen molar-refractivity contribution in [2.24, 2.45) is 5.92 Å². The van der Waals surface area contributed by atoms with Crippen LogP contribution in [-0.2, 0) is 4.74 Å². The Balaban J connectivity index is 2.26. The van der Waals surface area contributed by atoms with E-state index >= 15 is 0 Å². The van der Waals surface area contributed by atoms with Crippen LogP contribution in [0.2, 0.25) is 0 Å². The molecule has 0 bridgehead atoms. The smallest absolute Gasteiger partial charge is 0.0615 e. The largest absolute Gasteiger partial charge is 0.383 e. The molecule has 0 amide bonds. The van der Waals surface area contributed by atoms with Gasteiger partial charge in [0.15, 0.2) is 0 Å². The van der Waals surface area contributed by atoms with Gasteiger partial charge in [0.25, 0.3) is 0 Å². The Morgan fingerprint density at radius 2 is 2.27 bits per heavy atom. The zero-order valence-electron chi connectivity index (χ0n) is 10.6. The molecule has 0 radical (unpaired) electrons. The number of methoxy groups -OCH3 is 1. The van der Waals surface area contributed by atoms with Crippen molar-refractivity contribution in [3.63, 3.8) is 0 Å². The van der Waals surface area contributed by atoms with Crippen LogP contribution in [0.25, 0.3) is 0 Å². The van der Waals surface area contributed by atoms with Crippen LogP contribution < -0.4 is 5.32 Å². The van der Waals surface area contributed by atoms with E-state index in [1.54, 1.807) is 7.11 Å². The molecule has 0 saturated carbocycles. The summed E-state index contributed by atoms with van der Waals surface area (Å²) in [5.41, 5.74) is 0. The van der Waals surface area contributed by atoms with Crippen molar-refractivity contribution in [1.29, 1.82) is 0 Å². The van der Waals surface area contributed by atoms with Crippen molar-refractivity contribution in [2.75, 3.05) is 33.9 Å². The summed E-state index contributed by atoms with van der Waals surface area (Å²) in [6.07, 6.45) is 2.64. The van der Waals surface area contributed by atoms with Gasteiger partial charge in [-0.15, -0.1) is 0 Å². The molecule has 3 atom stereocenters. The van der Waals surface area contributed by atoms with Gasteiger partial charge in [0.05, 0.1) is 6.61 Å². The molecule has 1 aliphatic rings. The minimum atomic E-state index is 0.508. The van der Waals surface area contributed by atoms with E-state index in [0.29, 0.717) is 12.1 Å². The van der Waals surface area contributed by atoms with Gasteiger partial charge in [-0.1, -0.05) is 6.92 Å². The Kier molecular flexibility index (Phi) is 5.58. The molecule has 1 aliphatic heterocycles. The van der Waals surface area contributed by atoms with Crippen molar-refractivity contribution < 1.29 is 4.74 Å². The molecule has 3 unspecified atom stereocenters. The molecule has 1 fully saturated rings. The van der Waals surface area contributed by atoms with Crippen LogP contribution in [0, 0.1) is 5.92 Å². The predicted octanol–water partition coefficient (Wildman–Crippen LogP) is 1.34. The molecular weight excluding hydrogens is 188 g/mol. The highest BCUT2D eigenvalue weighted by Crippen LogP contribution is 2.16. The SMILES string of the molecule is COCC(C)N(C)CC1CC(C)CCN1. The summed E-state index contributed by atoms with van der Waals surface area (Å²) in [7, 11) is 3.95. The topological polar surface area (TPSA) is 24.5 Å². The molecule has 0 aromatic heterocycles. The van der Waals surface area contributed by atoms with Crippen molar-refractivity contribution in [2.45, 2.75) is 38.8 Å². The van der Waals surface area contributed by atoms with E-state index < -0.39 is 0 Å². The third kappa shape index (κ3) is 4.49. The predicted molar refractivity (Wildman–Crippen MR) is 64.2 cm³/mol. The third-order valence-corrected chi connectivity index (χ3v) is 3.43. The first-order chi connectivity index (χ1) is 7.13. The van der Waals surface area contributed by atoms with Gasteiger partial charge in [0.1, 0.15) is 0 Å². The van der Waals surface area contributed by atoms with Crippen molar-refractivity contribution in [3.05, 3.63) is 0 Å². The lowest BCUT2D eigenvalue weighted by Crippen LogP contribution is -2.47. The van der Waals surface area contributed by atoms with Gasteiger partial charge in [-0.2, -0.15) is 0 Å². The molecule has 0 aromatic carbocycles. The number of rotatable bonds is 5. The van der Waals surface area contributed by atoms with E-state index in [2.05, 4.69) is 31.1 Å². The summed E-state index contributed by atoms with van der Waals surface area (Å²) in [5, 5.41) is 3.59. The van der Waals surface area contributed by atoms with E-state index in [4.69, 9.17) is 4.74 Å². The average molecular weight is 214 g/mol. The summed E-state index contributed by atoms with van der Waals surface area (Å²) >= 11 is 0. The van der Waals surface area contributed by atoms with E-state index in [-0.39, 0.29) is 0 Å². The second-order valence-electron chi connectivity index (χ2n) is 5.02. The summed E-state index contributed by atoms with van der Waals surface area (Å²) in [6, 6.07) is 1.17. The molecule has 1 rings (SSSR count). The monoisotopic (exact) mass is 214 g/mol. The highest BCUT2D eigenvalue weighted by Gasteiger charge is 2.20. The van der Waals surface area contributed by atoms with Gasteiger partial charge in [-0.05, 0) is 39.3 Å². The number of nitrogens with zero attached hydrogens (tertiary/aromatic N) is 1. The minimum absolute atomic E-state index is 0.508. The van der Waals surface area contributed by atoms with E-state index in [9.17, 15) is 0 Å². The lowest BCUT2D eigenvalue weighted by atomic mass is 9.94. The number of ether oxygens (including phenoxy) is 1. The summed E-state index contributed by atoms with van der Waals surface area (Å²) in [5.74, 6) is 0.877. The van der Waals surface area contributed by atoms with Gasteiger partial charge < -0.3 is 10.1 Å². The van der Waals surface area contributed by atoms with Gasteiger partial charge in [0, 0.05) is 25.7 Å². The standard InChI is InChI=1S/C12H26N2O/c1-10-5-6-13-12(7-10)8-14(3)11(2)9-15-4/h10-13H,5-9H2,1-4H3. The van der Waals surface area contributed by atoms with Gasteiger partial charge in [-0.3, -0.25) is 4.90 Å². The normalized spacial score (nSPS) is 29.4. The number of hydrogen-bond acceptors (Lipinski definition) is 3. The second-order valence-corrected chi connectivity index (χ2v) is 5.02. The van der Waals surface area contributed by atoms with E-state index in [0.717, 1.165) is 19.1 Å². The lowest BCUT2D eigenvalue weighted by molar-refractivity contribution is 0.104. The maximum Gasteiger partial charge on any atom is 0.0615 e. The van der Waals surface area contributed by atoms with Crippen LogP contribution in [0.3, 0.4) is 0 Å². The maximum atomic E-state index is 5.17. The molecular formula is C12H26N2O. The molecule has 1 N–H and O–H groups in total. The zero-order valence-corrected chi connectivity index (χ0v) is 10.6. The van der Waals surface area contributed by atoms with Crippen molar-refractivity contribution in [3.8, 4) is 0 Å². The molecule has 90 valence electrons. The molecule has 1 saturated heterocycles. The quantitative estimate of drug-likeness (QED) is 0.747. The van der Waals surface area contributed by atoms with Crippen LogP contribution in [0.4, 0.5) is 0 Å². The van der Waals surface area contributed by atoms with Crippen LogP contribution in [0.1, 0.15) is 26.7 Å². The first kappa shape index (κ1) is 12.9. The Morgan fingerprint density at radius 1 is 1.53 bits per heavy atom. The molecule has 0 aliphatic carbocycles. The van der Waals surface area contributed by atoms with Gasteiger partial charge in [0.2, 0.25) is 0 Å². The van der Waals surface area contributed by atoms with Gasteiger partial charge in [-0.25, -0.2) is 0 Å². The van der Waals surface area contributed by atoms with Crippen molar-refractivity contribution >= 4 is 0 Å². The molecule has 3 heteroatoms. The fourth-order valence-corrected chi connectivity index (χ4v) is 2.26. The fraction of sp³-hybridized carbons (Fsp3) is 1.00. The summed E-state index contributed by atoms with van der Waals surface area (Å²) < 4.78 is 5.17. The number of piperidine rings is 1. The molecule has 15 heavy (non-hydrogen) atoms. The third-order valence-electron chi connectivity index (χ3n) is 3.43. The van der Waals surface area contributed by atoms with Gasteiger partial charge >= 0.3 is 0 Å². The second kappa shape index (κ2) is 6.46. The van der Waals surface area contributed by atoms with E-state index in [1.165, 1.54) is 19.4 Å². The maximum absolute atomic E-state index is 5.17. The number of hydrogen-bond donors (Lipinski definition) is 1. The average Bonchev–Trinajstić information content (AvgIpc) is 2.18. The summed E-state index contributed by atoms with van der Waals surface area (Å²) in [6.45, 7) is 7.70. The molecule has 0 spiro atoms. The van der Waals surface area contributed by atoms with E-state index in [1.807, 2.05) is 0 Å². The summed E-state index contributed by atoms with van der Waals surface area (Å²) in [4.78, 5) is 2.39. The Morgan fingerprint density at radius 3 is 2.87 bits per heavy atom. The van der Waals surface area contributed by atoms with Crippen LogP contribution in [0.15, 0.2) is 0 Å². The fourth-order valence-electron chi connectivity index (χ4n) is 2.26. The Bertz CT molecular complexity index is 175. The van der Waals surface area contributed by atoms with Crippen molar-refractivity contribution in [1.82, 2.24) is 10.2 Å². The molecule has 0 aromatic rings. The van der Waals surface area contributed by atoms with Crippen LogP contribution in [-0.4, -0.2) is 50.8 Å². The number of nitrogens with one attached hydrogen (secondary N) is 1. The molecule has 1 heterocycles. The van der Waals surface area contributed by atoms with Crippen LogP contribution >= 0.6 is 0 Å².